The lowest BCUT2D eigenvalue weighted by atomic mass is 10.2. The molecule has 86 valence electrons. The first-order valence-corrected chi connectivity index (χ1v) is 6.82. The SMILES string of the molecule is CC1=CCCn2cc(-c3ccc(I)cc3)nc21. The van der Waals surface area contributed by atoms with Crippen molar-refractivity contribution in [1.82, 2.24) is 9.55 Å². The summed E-state index contributed by atoms with van der Waals surface area (Å²) in [7, 11) is 0. The van der Waals surface area contributed by atoms with Crippen LogP contribution in [-0.4, -0.2) is 9.55 Å². The van der Waals surface area contributed by atoms with E-state index < -0.39 is 0 Å². The molecule has 0 spiro atoms. The number of benzene rings is 1. The van der Waals surface area contributed by atoms with E-state index in [4.69, 9.17) is 4.98 Å². The van der Waals surface area contributed by atoms with Crippen LogP contribution in [-0.2, 0) is 6.54 Å². The van der Waals surface area contributed by atoms with E-state index in [-0.39, 0.29) is 0 Å². The molecule has 0 radical (unpaired) electrons. The fourth-order valence-electron chi connectivity index (χ4n) is 2.17. The van der Waals surface area contributed by atoms with Crippen LogP contribution in [0.1, 0.15) is 19.2 Å². The Morgan fingerprint density at radius 1 is 1.24 bits per heavy atom. The largest absolute Gasteiger partial charge is 0.330 e. The Morgan fingerprint density at radius 2 is 2.00 bits per heavy atom. The number of aromatic nitrogens is 2. The third kappa shape index (κ3) is 2.04. The first kappa shape index (κ1) is 11.0. The zero-order valence-electron chi connectivity index (χ0n) is 9.65. The van der Waals surface area contributed by atoms with E-state index in [1.807, 2.05) is 0 Å². The maximum Gasteiger partial charge on any atom is 0.135 e. The molecule has 1 aromatic carbocycles. The second kappa shape index (κ2) is 4.29. The maximum atomic E-state index is 4.72. The summed E-state index contributed by atoms with van der Waals surface area (Å²) in [5.74, 6) is 1.12. The lowest BCUT2D eigenvalue weighted by molar-refractivity contribution is 0.683. The monoisotopic (exact) mass is 336 g/mol. The van der Waals surface area contributed by atoms with Crippen LogP contribution in [0.25, 0.3) is 16.8 Å². The van der Waals surface area contributed by atoms with Gasteiger partial charge in [-0.3, -0.25) is 0 Å². The number of hydrogen-bond donors (Lipinski definition) is 0. The molecule has 1 aromatic heterocycles. The van der Waals surface area contributed by atoms with Crippen molar-refractivity contribution in [2.75, 3.05) is 0 Å². The third-order valence-electron chi connectivity index (χ3n) is 3.09. The highest BCUT2D eigenvalue weighted by Crippen LogP contribution is 2.25. The minimum Gasteiger partial charge on any atom is -0.330 e. The molecule has 3 rings (SSSR count). The molecular weight excluding hydrogens is 323 g/mol. The van der Waals surface area contributed by atoms with E-state index in [2.05, 4.69) is 70.6 Å². The quantitative estimate of drug-likeness (QED) is 0.721. The van der Waals surface area contributed by atoms with Gasteiger partial charge in [0.2, 0.25) is 0 Å². The van der Waals surface area contributed by atoms with Crippen LogP contribution < -0.4 is 0 Å². The number of hydrogen-bond acceptors (Lipinski definition) is 1. The molecule has 0 saturated carbocycles. The molecule has 0 unspecified atom stereocenters. The molecule has 0 saturated heterocycles. The maximum absolute atomic E-state index is 4.72. The topological polar surface area (TPSA) is 17.8 Å². The fourth-order valence-corrected chi connectivity index (χ4v) is 2.53. The Morgan fingerprint density at radius 3 is 2.71 bits per heavy atom. The Bertz CT molecular complexity index is 579. The van der Waals surface area contributed by atoms with Crippen molar-refractivity contribution >= 4 is 28.2 Å². The standard InChI is InChI=1S/C14H13IN2/c1-10-3-2-8-17-9-13(16-14(10)17)11-4-6-12(15)7-5-11/h3-7,9H,2,8H2,1H3. The van der Waals surface area contributed by atoms with E-state index in [1.54, 1.807) is 0 Å². The summed E-state index contributed by atoms with van der Waals surface area (Å²) >= 11 is 2.32. The summed E-state index contributed by atoms with van der Waals surface area (Å²) < 4.78 is 3.51. The Labute approximate surface area is 115 Å². The molecule has 2 heterocycles. The average molecular weight is 336 g/mol. The van der Waals surface area contributed by atoms with Gasteiger partial charge in [-0.2, -0.15) is 0 Å². The predicted molar refractivity (Wildman–Crippen MR) is 78.6 cm³/mol. The number of rotatable bonds is 1. The van der Waals surface area contributed by atoms with Gasteiger partial charge in [0.1, 0.15) is 5.82 Å². The van der Waals surface area contributed by atoms with Crippen LogP contribution in [0.4, 0.5) is 0 Å². The highest BCUT2D eigenvalue weighted by Gasteiger charge is 2.13. The Hall–Kier alpha value is -1.10. The molecule has 1 aliphatic rings. The second-order valence-electron chi connectivity index (χ2n) is 4.33. The van der Waals surface area contributed by atoms with Crippen molar-refractivity contribution in [3.63, 3.8) is 0 Å². The molecule has 0 bridgehead atoms. The van der Waals surface area contributed by atoms with E-state index in [1.165, 1.54) is 14.7 Å². The van der Waals surface area contributed by atoms with Gasteiger partial charge in [0.05, 0.1) is 5.69 Å². The van der Waals surface area contributed by atoms with E-state index in [9.17, 15) is 0 Å². The van der Waals surface area contributed by atoms with Gasteiger partial charge in [0.25, 0.3) is 0 Å². The van der Waals surface area contributed by atoms with Crippen molar-refractivity contribution in [3.8, 4) is 11.3 Å². The van der Waals surface area contributed by atoms with Crippen LogP contribution in [0.5, 0.6) is 0 Å². The van der Waals surface area contributed by atoms with Crippen LogP contribution in [0.15, 0.2) is 36.5 Å². The highest BCUT2D eigenvalue weighted by molar-refractivity contribution is 14.1. The number of nitrogens with zero attached hydrogens (tertiary/aromatic N) is 2. The lowest BCUT2D eigenvalue weighted by Gasteiger charge is -2.11. The number of aryl methyl sites for hydroxylation is 1. The summed E-state index contributed by atoms with van der Waals surface area (Å²) in [5.41, 5.74) is 3.55. The molecule has 1 aliphatic heterocycles. The third-order valence-corrected chi connectivity index (χ3v) is 3.81. The van der Waals surface area contributed by atoms with Gasteiger partial charge in [0.15, 0.2) is 0 Å². The first-order valence-electron chi connectivity index (χ1n) is 5.74. The van der Waals surface area contributed by atoms with Crippen LogP contribution in [0.3, 0.4) is 0 Å². The number of fused-ring (bicyclic) bond motifs is 1. The minimum atomic E-state index is 1.05. The fraction of sp³-hybridized carbons (Fsp3) is 0.214. The molecule has 0 atom stereocenters. The van der Waals surface area contributed by atoms with Crippen molar-refractivity contribution in [3.05, 3.63) is 45.9 Å². The summed E-state index contributed by atoms with van der Waals surface area (Å²) in [6.07, 6.45) is 5.54. The van der Waals surface area contributed by atoms with Crippen LogP contribution >= 0.6 is 22.6 Å². The Kier molecular flexibility index (Phi) is 2.78. The lowest BCUT2D eigenvalue weighted by Crippen LogP contribution is -2.05. The van der Waals surface area contributed by atoms with E-state index >= 15 is 0 Å². The zero-order chi connectivity index (χ0) is 11.8. The van der Waals surface area contributed by atoms with Crippen LogP contribution in [0, 0.1) is 3.57 Å². The summed E-state index contributed by atoms with van der Waals surface area (Å²) in [6, 6.07) is 8.51. The van der Waals surface area contributed by atoms with Gasteiger partial charge in [-0.1, -0.05) is 18.2 Å². The zero-order valence-corrected chi connectivity index (χ0v) is 11.8. The summed E-state index contributed by atoms with van der Waals surface area (Å²) in [6.45, 7) is 3.18. The number of imidazole rings is 1. The normalized spacial score (nSPS) is 14.4. The molecular formula is C14H13IN2. The van der Waals surface area contributed by atoms with Gasteiger partial charge in [-0.05, 0) is 53.6 Å². The first-order chi connectivity index (χ1) is 8.24. The second-order valence-corrected chi connectivity index (χ2v) is 5.57. The molecule has 2 aromatic rings. The highest BCUT2D eigenvalue weighted by atomic mass is 127. The van der Waals surface area contributed by atoms with Crippen molar-refractivity contribution < 1.29 is 0 Å². The number of allylic oxidation sites excluding steroid dienone is 2. The van der Waals surface area contributed by atoms with Crippen molar-refractivity contribution in [2.24, 2.45) is 0 Å². The van der Waals surface area contributed by atoms with Crippen molar-refractivity contribution in [2.45, 2.75) is 19.9 Å². The molecule has 0 N–H and O–H groups in total. The van der Waals surface area contributed by atoms with Crippen molar-refractivity contribution in [1.29, 1.82) is 0 Å². The Balaban J connectivity index is 2.05. The molecule has 0 amide bonds. The van der Waals surface area contributed by atoms with Gasteiger partial charge in [-0.15, -0.1) is 0 Å². The number of halogens is 1. The van der Waals surface area contributed by atoms with Gasteiger partial charge in [0, 0.05) is 21.9 Å². The smallest absolute Gasteiger partial charge is 0.135 e. The van der Waals surface area contributed by atoms with Gasteiger partial charge in [-0.25, -0.2) is 4.98 Å². The molecule has 0 aliphatic carbocycles. The summed E-state index contributed by atoms with van der Waals surface area (Å²) in [4.78, 5) is 4.72. The van der Waals surface area contributed by atoms with Gasteiger partial charge >= 0.3 is 0 Å². The average Bonchev–Trinajstić information content (AvgIpc) is 2.75. The van der Waals surface area contributed by atoms with E-state index in [0.717, 1.165) is 24.5 Å². The summed E-state index contributed by atoms with van der Waals surface area (Å²) in [5, 5.41) is 0. The molecule has 3 heteroatoms. The van der Waals surface area contributed by atoms with E-state index in [0.29, 0.717) is 0 Å². The predicted octanol–water partition coefficient (Wildman–Crippen LogP) is 3.96. The van der Waals surface area contributed by atoms with Gasteiger partial charge < -0.3 is 4.57 Å². The molecule has 2 nitrogen and oxygen atoms in total. The minimum absolute atomic E-state index is 1.05. The van der Waals surface area contributed by atoms with Crippen LogP contribution in [0.2, 0.25) is 0 Å². The molecule has 0 fully saturated rings. The molecule has 17 heavy (non-hydrogen) atoms.